The second-order valence-corrected chi connectivity index (χ2v) is 5.11. The average Bonchev–Trinajstić information content (AvgIpc) is 2.22. The number of rotatable bonds is 0. The summed E-state index contributed by atoms with van der Waals surface area (Å²) in [5.74, 6) is 1.00. The van der Waals surface area contributed by atoms with Crippen molar-refractivity contribution in [2.24, 2.45) is 11.3 Å². The van der Waals surface area contributed by atoms with Crippen LogP contribution in [0.1, 0.15) is 40.5 Å². The first-order valence-electron chi connectivity index (χ1n) is 5.73. The van der Waals surface area contributed by atoms with E-state index in [0.29, 0.717) is 5.41 Å². The van der Waals surface area contributed by atoms with E-state index in [0.717, 1.165) is 5.92 Å². The minimum Gasteiger partial charge on any atom is -0.306 e. The fourth-order valence-corrected chi connectivity index (χ4v) is 3.03. The van der Waals surface area contributed by atoms with Crippen molar-refractivity contribution in [2.75, 3.05) is 20.1 Å². The predicted molar refractivity (Wildman–Crippen MR) is 64.2 cm³/mol. The highest BCUT2D eigenvalue weighted by Crippen LogP contribution is 2.46. The molecule has 82 valence electrons. The van der Waals surface area contributed by atoms with Crippen LogP contribution in [0.4, 0.5) is 0 Å². The van der Waals surface area contributed by atoms with Crippen molar-refractivity contribution in [2.45, 2.75) is 39.0 Å². The number of hydrogen-bond donors (Lipinski definition) is 0. The largest absolute Gasteiger partial charge is 0.306 e. The van der Waals surface area contributed by atoms with Crippen LogP contribution in [0.2, 0.25) is 0 Å². The van der Waals surface area contributed by atoms with Crippen molar-refractivity contribution in [3.8, 4) is 12.8 Å². The van der Waals surface area contributed by atoms with E-state index in [1.165, 1.54) is 45.2 Å². The monoisotopic (exact) mass is 195 g/mol. The molecule has 1 nitrogen and oxygen atoms in total. The molecule has 2 aliphatic rings. The maximum atomic E-state index is 4.00. The van der Waals surface area contributed by atoms with E-state index in [9.17, 15) is 0 Å². The van der Waals surface area contributed by atoms with Gasteiger partial charge in [0.1, 0.15) is 0 Å². The summed E-state index contributed by atoms with van der Waals surface area (Å²) in [7, 11) is 2.27. The number of hydrogen-bond acceptors (Lipinski definition) is 1. The van der Waals surface area contributed by atoms with Crippen LogP contribution in [0.15, 0.2) is 0 Å². The van der Waals surface area contributed by atoms with Gasteiger partial charge in [-0.05, 0) is 44.2 Å². The zero-order valence-corrected chi connectivity index (χ0v) is 9.63. The highest BCUT2D eigenvalue weighted by Gasteiger charge is 2.39. The number of nitrogens with zero attached hydrogens (tertiary/aromatic N) is 1. The van der Waals surface area contributed by atoms with Gasteiger partial charge in [0.2, 0.25) is 0 Å². The third-order valence-corrected chi connectivity index (χ3v) is 4.13. The number of likely N-dealkylation sites (tertiary alicyclic amines) is 1. The quantitative estimate of drug-likeness (QED) is 0.537. The lowest BCUT2D eigenvalue weighted by Gasteiger charge is -2.48. The zero-order chi connectivity index (χ0) is 10.6. The summed E-state index contributed by atoms with van der Waals surface area (Å²) in [6.07, 6.45) is 15.4. The van der Waals surface area contributed by atoms with Gasteiger partial charge < -0.3 is 4.90 Å². The molecule has 0 spiro atoms. The van der Waals surface area contributed by atoms with Crippen molar-refractivity contribution in [3.63, 3.8) is 0 Å². The van der Waals surface area contributed by atoms with Crippen LogP contribution in [0.5, 0.6) is 0 Å². The van der Waals surface area contributed by atoms with Crippen LogP contribution >= 0.6 is 0 Å². The summed E-state index contributed by atoms with van der Waals surface area (Å²) in [5.41, 5.74) is 0.713. The third-order valence-electron chi connectivity index (χ3n) is 4.13. The minimum atomic E-state index is 0. The second kappa shape index (κ2) is 4.84. The molecule has 1 saturated carbocycles. The van der Waals surface area contributed by atoms with E-state index in [1.807, 2.05) is 0 Å². The standard InChI is InChI=1S/C11H21N.C2H2.H2/c1-11-6-4-3-5-10(11)9-12(2)8-7-11;1-2;/h10H,3-9H2,1-2H3;1-2H;1H/t10?,11-;;/m0../s1. The van der Waals surface area contributed by atoms with Gasteiger partial charge in [-0.1, -0.05) is 19.8 Å². The van der Waals surface area contributed by atoms with Gasteiger partial charge in [0.05, 0.1) is 0 Å². The summed E-state index contributed by atoms with van der Waals surface area (Å²) >= 11 is 0. The van der Waals surface area contributed by atoms with Crippen LogP contribution in [-0.2, 0) is 0 Å². The Bertz CT molecular complexity index is 202. The predicted octanol–water partition coefficient (Wildman–Crippen LogP) is 3.01. The molecule has 0 aromatic rings. The van der Waals surface area contributed by atoms with E-state index < -0.39 is 0 Å². The van der Waals surface area contributed by atoms with Crippen molar-refractivity contribution in [3.05, 3.63) is 0 Å². The Morgan fingerprint density at radius 2 is 2.00 bits per heavy atom. The van der Waals surface area contributed by atoms with E-state index in [-0.39, 0.29) is 1.43 Å². The highest BCUT2D eigenvalue weighted by atomic mass is 15.1. The second-order valence-electron chi connectivity index (χ2n) is 5.11. The Balaban J connectivity index is 0.000000617. The molecule has 1 unspecified atom stereocenters. The number of terminal acetylenes is 1. The fourth-order valence-electron chi connectivity index (χ4n) is 3.03. The molecule has 0 bridgehead atoms. The van der Waals surface area contributed by atoms with E-state index in [4.69, 9.17) is 0 Å². The lowest BCUT2D eigenvalue weighted by Crippen LogP contribution is -2.45. The maximum Gasteiger partial charge on any atom is 0.00118 e. The van der Waals surface area contributed by atoms with Crippen molar-refractivity contribution < 1.29 is 1.43 Å². The number of fused-ring (bicyclic) bond motifs is 1. The molecule has 1 heteroatoms. The fraction of sp³-hybridized carbons (Fsp3) is 0.846. The highest BCUT2D eigenvalue weighted by molar-refractivity contribution is 4.91. The molecule has 2 rings (SSSR count). The van der Waals surface area contributed by atoms with Gasteiger partial charge in [0.25, 0.3) is 0 Å². The molecular weight excluding hydrogens is 170 g/mol. The normalized spacial score (nSPS) is 37.9. The van der Waals surface area contributed by atoms with Crippen LogP contribution in [0.3, 0.4) is 0 Å². The van der Waals surface area contributed by atoms with Gasteiger partial charge in [-0.15, -0.1) is 12.8 Å². The Labute approximate surface area is 90.4 Å². The molecule has 0 N–H and O–H groups in total. The minimum absolute atomic E-state index is 0. The first kappa shape index (κ1) is 11.6. The summed E-state index contributed by atoms with van der Waals surface area (Å²) in [5, 5.41) is 0. The molecule has 1 saturated heterocycles. The lowest BCUT2D eigenvalue weighted by molar-refractivity contribution is 0.0238. The SMILES string of the molecule is C#C.CN1CC[C@]2(C)CCCCC2C1.[HH]. The first-order valence-corrected chi connectivity index (χ1v) is 5.73. The van der Waals surface area contributed by atoms with Gasteiger partial charge in [0, 0.05) is 7.97 Å². The average molecular weight is 195 g/mol. The molecule has 0 radical (unpaired) electrons. The molecular formula is C13H25N. The molecule has 0 amide bonds. The molecule has 2 fully saturated rings. The molecule has 1 heterocycles. The van der Waals surface area contributed by atoms with Crippen LogP contribution in [0.25, 0.3) is 0 Å². The van der Waals surface area contributed by atoms with Crippen LogP contribution < -0.4 is 0 Å². The Kier molecular flexibility index (Phi) is 4.01. The Morgan fingerprint density at radius 1 is 1.29 bits per heavy atom. The van der Waals surface area contributed by atoms with Gasteiger partial charge in [-0.2, -0.15) is 0 Å². The molecule has 2 atom stereocenters. The topological polar surface area (TPSA) is 3.24 Å². The smallest absolute Gasteiger partial charge is 0.00118 e. The van der Waals surface area contributed by atoms with E-state index >= 15 is 0 Å². The molecule has 1 aliphatic heterocycles. The lowest BCUT2D eigenvalue weighted by atomic mass is 9.64. The van der Waals surface area contributed by atoms with Gasteiger partial charge in [-0.25, -0.2) is 0 Å². The molecule has 14 heavy (non-hydrogen) atoms. The van der Waals surface area contributed by atoms with Crippen molar-refractivity contribution in [1.82, 2.24) is 4.90 Å². The van der Waals surface area contributed by atoms with Crippen molar-refractivity contribution in [1.29, 1.82) is 0 Å². The summed E-state index contributed by atoms with van der Waals surface area (Å²) < 4.78 is 0. The Morgan fingerprint density at radius 3 is 2.71 bits per heavy atom. The summed E-state index contributed by atoms with van der Waals surface area (Å²) in [6.45, 7) is 5.20. The third kappa shape index (κ3) is 2.30. The van der Waals surface area contributed by atoms with Crippen LogP contribution in [0, 0.1) is 24.2 Å². The van der Waals surface area contributed by atoms with Gasteiger partial charge in [-0.3, -0.25) is 0 Å². The van der Waals surface area contributed by atoms with E-state index in [2.05, 4.69) is 31.7 Å². The van der Waals surface area contributed by atoms with E-state index in [1.54, 1.807) is 0 Å². The van der Waals surface area contributed by atoms with Gasteiger partial charge >= 0.3 is 0 Å². The van der Waals surface area contributed by atoms with Crippen LogP contribution in [-0.4, -0.2) is 25.0 Å². The summed E-state index contributed by atoms with van der Waals surface area (Å²) in [6, 6.07) is 0. The zero-order valence-electron chi connectivity index (χ0n) is 9.63. The summed E-state index contributed by atoms with van der Waals surface area (Å²) in [4.78, 5) is 2.51. The van der Waals surface area contributed by atoms with Crippen molar-refractivity contribution >= 4 is 0 Å². The maximum absolute atomic E-state index is 4.00. The van der Waals surface area contributed by atoms with Gasteiger partial charge in [0.15, 0.2) is 0 Å². The molecule has 1 aliphatic carbocycles. The Hall–Kier alpha value is -0.480. The first-order chi connectivity index (χ1) is 6.71. The molecule has 0 aromatic heterocycles. The number of piperidine rings is 1. The molecule has 0 aromatic carbocycles.